The highest BCUT2D eigenvalue weighted by atomic mass is 19.4. The molecule has 0 spiro atoms. The summed E-state index contributed by atoms with van der Waals surface area (Å²) in [5.41, 5.74) is 13.7. The van der Waals surface area contributed by atoms with Crippen molar-refractivity contribution in [3.63, 3.8) is 0 Å². The molecule has 8 heteroatoms. The largest absolute Gasteiger partial charge is 0.416 e. The Morgan fingerprint density at radius 1 is 0.373 bits per heavy atom. The zero-order valence-electron chi connectivity index (χ0n) is 26.5. The van der Waals surface area contributed by atoms with Gasteiger partial charge in [-0.25, -0.2) is 0 Å². The van der Waals surface area contributed by atoms with Gasteiger partial charge in [0.15, 0.2) is 0 Å². The molecule has 0 aromatic heterocycles. The summed E-state index contributed by atoms with van der Waals surface area (Å²) in [4.78, 5) is 3.98. The molecule has 8 aromatic carbocycles. The van der Waals surface area contributed by atoms with E-state index in [0.29, 0.717) is 22.3 Å². The lowest BCUT2D eigenvalue weighted by Crippen LogP contribution is -2.10. The van der Waals surface area contributed by atoms with Crippen LogP contribution in [0.15, 0.2) is 146 Å². The second-order valence-corrected chi connectivity index (χ2v) is 12.3. The fourth-order valence-corrected chi connectivity index (χ4v) is 7.27. The number of halogens is 6. The summed E-state index contributed by atoms with van der Waals surface area (Å²) in [6, 6.07) is 40.2. The Morgan fingerprint density at radius 3 is 0.863 bits per heavy atom. The average Bonchev–Trinajstić information content (AvgIpc) is 3.14. The van der Waals surface area contributed by atoms with Crippen molar-refractivity contribution in [3.8, 4) is 22.3 Å². The van der Waals surface area contributed by atoms with E-state index in [1.165, 1.54) is 24.3 Å². The van der Waals surface area contributed by atoms with Crippen LogP contribution in [0.4, 0.5) is 26.3 Å². The molecule has 0 saturated carbocycles. The molecule has 0 heterocycles. The third-order valence-corrected chi connectivity index (χ3v) is 9.44. The quantitative estimate of drug-likeness (QED) is 0.0583. The molecule has 0 aliphatic carbocycles. The number of rotatable bonds is 4. The molecule has 0 N–H and O–H groups in total. The molecule has 0 radical (unpaired) electrons. The Balaban J connectivity index is 1.44. The van der Waals surface area contributed by atoms with E-state index in [4.69, 9.17) is 0 Å². The lowest BCUT2D eigenvalue weighted by molar-refractivity contribution is -0.138. The molecule has 0 saturated heterocycles. The van der Waals surface area contributed by atoms with Crippen LogP contribution in [-0.4, -0.2) is 10.5 Å². The minimum absolute atomic E-state index is 0.271. The zero-order chi connectivity index (χ0) is 35.5. The summed E-state index contributed by atoms with van der Waals surface area (Å²) in [6.07, 6.45) is -8.96. The van der Waals surface area contributed by atoms with Crippen LogP contribution in [0.3, 0.4) is 0 Å². The summed E-state index contributed by atoms with van der Waals surface area (Å²) < 4.78 is 81.0. The topological polar surface area (TPSA) is 36.4 Å². The first-order chi connectivity index (χ1) is 24.6. The number of nitrogens with zero attached hydrogens (tertiary/aromatic N) is 2. The maximum absolute atomic E-state index is 13.5. The van der Waals surface area contributed by atoms with Crippen molar-refractivity contribution in [1.29, 1.82) is 0 Å². The molecule has 8 rings (SSSR count). The molecular formula is C43H24F6N2. The first-order valence-corrected chi connectivity index (χ1v) is 16.0. The molecule has 0 atom stereocenters. The van der Waals surface area contributed by atoms with E-state index in [1.807, 2.05) is 97.1 Å². The number of alkyl halides is 6. The van der Waals surface area contributed by atoms with Crippen molar-refractivity contribution < 1.29 is 31.1 Å². The van der Waals surface area contributed by atoms with Crippen molar-refractivity contribution in [3.05, 3.63) is 173 Å². The van der Waals surface area contributed by atoms with Crippen molar-refractivity contribution in [1.82, 2.24) is 0 Å². The maximum atomic E-state index is 13.5. The molecule has 0 aliphatic rings. The van der Waals surface area contributed by atoms with Crippen LogP contribution in [0, 0.1) is 0 Å². The molecule has 0 amide bonds. The summed E-state index contributed by atoms with van der Waals surface area (Å²) in [5.74, 6) is 0. The van der Waals surface area contributed by atoms with Crippen molar-refractivity contribution >= 4 is 48.8 Å². The Hall–Kier alpha value is -6.24. The average molecular weight is 683 g/mol. The van der Waals surface area contributed by atoms with Gasteiger partial charge in [-0.3, -0.25) is 0 Å². The minimum Gasteiger partial charge on any atom is -0.361 e. The SMILES string of the molecule is [N-]=[N+]=C(c1c2ccccc2c(-c2ccc(C(F)(F)F)cc2)c2ccccc12)c1c2ccccc2c(-c2ccc(C(F)(F)F)cc2)c2ccccc12. The van der Waals surface area contributed by atoms with E-state index in [-0.39, 0.29) is 5.71 Å². The summed E-state index contributed by atoms with van der Waals surface area (Å²) in [5, 5.41) is 5.89. The van der Waals surface area contributed by atoms with Gasteiger partial charge in [-0.1, -0.05) is 121 Å². The Labute approximate surface area is 287 Å². The van der Waals surface area contributed by atoms with Gasteiger partial charge in [0.1, 0.15) is 0 Å². The van der Waals surface area contributed by atoms with Crippen molar-refractivity contribution in [2.45, 2.75) is 12.4 Å². The third-order valence-electron chi connectivity index (χ3n) is 9.44. The van der Waals surface area contributed by atoms with Gasteiger partial charge in [0, 0.05) is 0 Å². The number of hydrogen-bond donors (Lipinski definition) is 0. The second-order valence-electron chi connectivity index (χ2n) is 12.3. The van der Waals surface area contributed by atoms with Gasteiger partial charge in [0.2, 0.25) is 0 Å². The van der Waals surface area contributed by atoms with E-state index in [1.54, 1.807) is 0 Å². The first kappa shape index (κ1) is 32.0. The van der Waals surface area contributed by atoms with Gasteiger partial charge in [-0.15, -0.1) is 0 Å². The summed E-state index contributed by atoms with van der Waals surface area (Å²) in [6.45, 7) is 0. The van der Waals surface area contributed by atoms with Crippen LogP contribution in [-0.2, 0) is 12.4 Å². The van der Waals surface area contributed by atoms with Gasteiger partial charge in [0.25, 0.3) is 0 Å². The zero-order valence-corrected chi connectivity index (χ0v) is 26.5. The molecule has 51 heavy (non-hydrogen) atoms. The first-order valence-electron chi connectivity index (χ1n) is 16.0. The van der Waals surface area contributed by atoms with E-state index < -0.39 is 23.5 Å². The predicted molar refractivity (Wildman–Crippen MR) is 191 cm³/mol. The Kier molecular flexibility index (Phi) is 7.51. The van der Waals surface area contributed by atoms with Gasteiger partial charge in [-0.2, -0.15) is 31.1 Å². The lowest BCUT2D eigenvalue weighted by atomic mass is 9.82. The number of fused-ring (bicyclic) bond motifs is 4. The van der Waals surface area contributed by atoms with Gasteiger partial charge in [-0.05, 0) is 89.6 Å². The van der Waals surface area contributed by atoms with Gasteiger partial charge in [0.05, 0.1) is 22.3 Å². The Morgan fingerprint density at radius 2 is 0.627 bits per heavy atom. The summed E-state index contributed by atoms with van der Waals surface area (Å²) in [7, 11) is 0. The fourth-order valence-electron chi connectivity index (χ4n) is 7.27. The number of hydrogen-bond acceptors (Lipinski definition) is 0. The van der Waals surface area contributed by atoms with Gasteiger partial charge < -0.3 is 5.53 Å². The van der Waals surface area contributed by atoms with E-state index in [2.05, 4.69) is 4.79 Å². The Bertz CT molecular complexity index is 2410. The molecule has 8 aromatic rings. The molecule has 0 aliphatic heterocycles. The lowest BCUT2D eigenvalue weighted by Gasteiger charge is -2.19. The highest BCUT2D eigenvalue weighted by Gasteiger charge is 2.33. The number of benzene rings is 8. The van der Waals surface area contributed by atoms with Crippen LogP contribution in [0.2, 0.25) is 0 Å². The smallest absolute Gasteiger partial charge is 0.361 e. The van der Waals surface area contributed by atoms with Crippen LogP contribution < -0.4 is 0 Å². The molecule has 2 nitrogen and oxygen atoms in total. The van der Waals surface area contributed by atoms with E-state index >= 15 is 0 Å². The van der Waals surface area contributed by atoms with Crippen LogP contribution in [0.25, 0.3) is 70.9 Å². The second kappa shape index (κ2) is 12.0. The monoisotopic (exact) mass is 682 g/mol. The highest BCUT2D eigenvalue weighted by Crippen LogP contribution is 2.45. The van der Waals surface area contributed by atoms with E-state index in [0.717, 1.165) is 78.5 Å². The van der Waals surface area contributed by atoms with Crippen molar-refractivity contribution in [2.24, 2.45) is 0 Å². The van der Waals surface area contributed by atoms with Crippen LogP contribution in [0.5, 0.6) is 0 Å². The standard InChI is InChI=1S/C43H24F6N2/c44-42(45,46)27-21-17-25(18-22-27)37-29-9-1-5-13-33(29)39(34-14-6-2-10-30(34)37)41(51-50)40-35-15-7-3-11-31(35)38(32-12-4-8-16-36(32)40)26-19-23-28(24-20-26)43(47,48)49/h1-24H. The molecule has 0 unspecified atom stereocenters. The van der Waals surface area contributed by atoms with Crippen LogP contribution >= 0.6 is 0 Å². The normalized spacial score (nSPS) is 12.1. The van der Waals surface area contributed by atoms with E-state index in [9.17, 15) is 31.9 Å². The molecule has 0 fully saturated rings. The molecule has 248 valence electrons. The van der Waals surface area contributed by atoms with Crippen molar-refractivity contribution in [2.75, 3.05) is 0 Å². The predicted octanol–water partition coefficient (Wildman–Crippen LogP) is 12.7. The van der Waals surface area contributed by atoms with Gasteiger partial charge >= 0.3 is 18.1 Å². The molecular weight excluding hydrogens is 658 g/mol. The fraction of sp³-hybridized carbons (Fsp3) is 0.0465. The third kappa shape index (κ3) is 5.32. The summed E-state index contributed by atoms with van der Waals surface area (Å²) >= 11 is 0. The maximum Gasteiger partial charge on any atom is 0.416 e. The highest BCUT2D eigenvalue weighted by molar-refractivity contribution is 6.35. The minimum atomic E-state index is -4.48. The van der Waals surface area contributed by atoms with Crippen LogP contribution in [0.1, 0.15) is 22.3 Å². The molecule has 0 bridgehead atoms.